The first kappa shape index (κ1) is 8.61. The smallest absolute Gasteiger partial charge is 0.128 e. The zero-order valence-corrected chi connectivity index (χ0v) is 7.97. The lowest BCUT2D eigenvalue weighted by Gasteiger charge is -2.01. The van der Waals surface area contributed by atoms with E-state index in [0.717, 1.165) is 11.4 Å². The lowest BCUT2D eigenvalue weighted by Crippen LogP contribution is -2.00. The molecule has 72 valence electrons. The van der Waals surface area contributed by atoms with Gasteiger partial charge in [-0.3, -0.25) is 0 Å². The molecule has 0 fully saturated rings. The molecule has 0 aromatic carbocycles. The molecule has 0 saturated heterocycles. The van der Waals surface area contributed by atoms with Gasteiger partial charge in [-0.25, -0.2) is 14.6 Å². The van der Waals surface area contributed by atoms with Crippen molar-refractivity contribution >= 4 is 5.82 Å². The Morgan fingerprint density at radius 1 is 1.36 bits per heavy atom. The Morgan fingerprint density at radius 2 is 2.14 bits per heavy atom. The largest absolute Gasteiger partial charge is 0.384 e. The molecule has 0 atom stereocenters. The standard InChI is InChI=1S/C8H10N6/c1-5-11-6(3-8(9)12-5)7-4-10-13-14(7)2/h3-4H,1-2H3,(H2,9,11,12). The Balaban J connectivity index is 2.57. The summed E-state index contributed by atoms with van der Waals surface area (Å²) >= 11 is 0. The Hall–Kier alpha value is -1.98. The number of hydrogen-bond acceptors (Lipinski definition) is 5. The Morgan fingerprint density at radius 3 is 2.71 bits per heavy atom. The number of hydrogen-bond donors (Lipinski definition) is 1. The molecule has 2 N–H and O–H groups in total. The molecule has 2 heterocycles. The van der Waals surface area contributed by atoms with Gasteiger partial charge in [0, 0.05) is 13.1 Å². The van der Waals surface area contributed by atoms with Crippen LogP contribution >= 0.6 is 0 Å². The van der Waals surface area contributed by atoms with Gasteiger partial charge in [-0.05, 0) is 6.92 Å². The molecule has 0 aliphatic rings. The molecule has 2 aromatic heterocycles. The predicted octanol–water partition coefficient (Wildman–Crippen LogP) is 0.163. The first-order valence-corrected chi connectivity index (χ1v) is 4.13. The van der Waals surface area contributed by atoms with E-state index < -0.39 is 0 Å². The molecule has 0 amide bonds. The van der Waals surface area contributed by atoms with Crippen molar-refractivity contribution in [3.05, 3.63) is 18.1 Å². The summed E-state index contributed by atoms with van der Waals surface area (Å²) in [4.78, 5) is 8.24. The van der Waals surface area contributed by atoms with E-state index >= 15 is 0 Å². The average molecular weight is 190 g/mol. The topological polar surface area (TPSA) is 82.5 Å². The molecule has 0 unspecified atom stereocenters. The summed E-state index contributed by atoms with van der Waals surface area (Å²) < 4.78 is 1.64. The quantitative estimate of drug-likeness (QED) is 0.692. The molecule has 0 radical (unpaired) electrons. The van der Waals surface area contributed by atoms with Crippen molar-refractivity contribution in [2.45, 2.75) is 6.92 Å². The van der Waals surface area contributed by atoms with Crippen LogP contribution in [0, 0.1) is 6.92 Å². The molecule has 0 aliphatic carbocycles. The summed E-state index contributed by atoms with van der Waals surface area (Å²) in [5.41, 5.74) is 7.17. The Kier molecular flexibility index (Phi) is 1.88. The lowest BCUT2D eigenvalue weighted by atomic mass is 10.3. The number of aromatic nitrogens is 5. The van der Waals surface area contributed by atoms with E-state index in [1.807, 2.05) is 0 Å². The highest BCUT2D eigenvalue weighted by Crippen LogP contribution is 2.15. The molecule has 0 bridgehead atoms. The van der Waals surface area contributed by atoms with Crippen LogP contribution in [-0.4, -0.2) is 25.0 Å². The van der Waals surface area contributed by atoms with Crippen molar-refractivity contribution in [3.8, 4) is 11.4 Å². The normalized spacial score (nSPS) is 10.4. The zero-order chi connectivity index (χ0) is 10.1. The summed E-state index contributed by atoms with van der Waals surface area (Å²) in [6, 6.07) is 1.70. The van der Waals surface area contributed by atoms with Crippen LogP contribution in [0.3, 0.4) is 0 Å². The second kappa shape index (κ2) is 3.06. The van der Waals surface area contributed by atoms with Gasteiger partial charge in [0.05, 0.1) is 11.9 Å². The van der Waals surface area contributed by atoms with Crippen LogP contribution in [0.25, 0.3) is 11.4 Å². The fourth-order valence-corrected chi connectivity index (χ4v) is 1.24. The number of nitrogens with zero attached hydrogens (tertiary/aromatic N) is 5. The van der Waals surface area contributed by atoms with E-state index in [-0.39, 0.29) is 0 Å². The molecule has 6 heteroatoms. The monoisotopic (exact) mass is 190 g/mol. The first-order valence-electron chi connectivity index (χ1n) is 4.13. The Labute approximate surface area is 80.8 Å². The highest BCUT2D eigenvalue weighted by Gasteiger charge is 2.06. The number of nitrogens with two attached hydrogens (primary N) is 1. The third-order valence-corrected chi connectivity index (χ3v) is 1.83. The van der Waals surface area contributed by atoms with Crippen molar-refractivity contribution in [3.63, 3.8) is 0 Å². The van der Waals surface area contributed by atoms with Crippen LogP contribution < -0.4 is 5.73 Å². The van der Waals surface area contributed by atoms with Crippen LogP contribution in [-0.2, 0) is 7.05 Å². The van der Waals surface area contributed by atoms with E-state index in [9.17, 15) is 0 Å². The maximum Gasteiger partial charge on any atom is 0.128 e. The van der Waals surface area contributed by atoms with Crippen molar-refractivity contribution < 1.29 is 0 Å². The second-order valence-electron chi connectivity index (χ2n) is 2.97. The van der Waals surface area contributed by atoms with Gasteiger partial charge >= 0.3 is 0 Å². The third-order valence-electron chi connectivity index (χ3n) is 1.83. The third kappa shape index (κ3) is 1.41. The van der Waals surface area contributed by atoms with Gasteiger partial charge in [0.1, 0.15) is 17.3 Å². The highest BCUT2D eigenvalue weighted by atomic mass is 15.4. The fraction of sp³-hybridized carbons (Fsp3) is 0.250. The van der Waals surface area contributed by atoms with Gasteiger partial charge in [-0.2, -0.15) is 0 Å². The minimum atomic E-state index is 0.453. The SMILES string of the molecule is Cc1nc(N)cc(-c2cnnn2C)n1. The number of rotatable bonds is 1. The molecule has 6 nitrogen and oxygen atoms in total. The molecule has 0 saturated carbocycles. The summed E-state index contributed by atoms with van der Waals surface area (Å²) in [5, 5.41) is 7.59. The van der Waals surface area contributed by atoms with Crippen molar-refractivity contribution in [1.29, 1.82) is 0 Å². The average Bonchev–Trinajstić information content (AvgIpc) is 2.49. The summed E-state index contributed by atoms with van der Waals surface area (Å²) in [5.74, 6) is 1.09. The van der Waals surface area contributed by atoms with E-state index in [1.165, 1.54) is 0 Å². The van der Waals surface area contributed by atoms with Gasteiger partial charge < -0.3 is 5.73 Å². The van der Waals surface area contributed by atoms with Crippen molar-refractivity contribution in [2.75, 3.05) is 5.73 Å². The van der Waals surface area contributed by atoms with Crippen LogP contribution in [0.2, 0.25) is 0 Å². The van der Waals surface area contributed by atoms with E-state index in [1.54, 1.807) is 30.9 Å². The molecule has 2 aromatic rings. The number of anilines is 1. The second-order valence-corrected chi connectivity index (χ2v) is 2.97. The lowest BCUT2D eigenvalue weighted by molar-refractivity contribution is 0.718. The predicted molar refractivity (Wildman–Crippen MR) is 51.2 cm³/mol. The molecular weight excluding hydrogens is 180 g/mol. The maximum atomic E-state index is 5.61. The maximum absolute atomic E-state index is 5.61. The molecular formula is C8H10N6. The molecule has 14 heavy (non-hydrogen) atoms. The summed E-state index contributed by atoms with van der Waals surface area (Å²) in [6.45, 7) is 1.80. The Bertz CT molecular complexity index is 440. The van der Waals surface area contributed by atoms with Crippen molar-refractivity contribution in [1.82, 2.24) is 25.0 Å². The minimum absolute atomic E-state index is 0.453. The minimum Gasteiger partial charge on any atom is -0.384 e. The van der Waals surface area contributed by atoms with Crippen LogP contribution in [0.1, 0.15) is 5.82 Å². The van der Waals surface area contributed by atoms with E-state index in [4.69, 9.17) is 5.73 Å². The van der Waals surface area contributed by atoms with Gasteiger partial charge in [-0.1, -0.05) is 5.21 Å². The summed E-state index contributed by atoms with van der Waals surface area (Å²) in [6.07, 6.45) is 1.64. The van der Waals surface area contributed by atoms with Gasteiger partial charge in [0.25, 0.3) is 0 Å². The van der Waals surface area contributed by atoms with Crippen molar-refractivity contribution in [2.24, 2.45) is 7.05 Å². The highest BCUT2D eigenvalue weighted by molar-refractivity contribution is 5.56. The van der Waals surface area contributed by atoms with E-state index in [0.29, 0.717) is 11.6 Å². The molecule has 0 spiro atoms. The van der Waals surface area contributed by atoms with Crippen LogP contribution in [0.15, 0.2) is 12.3 Å². The van der Waals surface area contributed by atoms with Gasteiger partial charge in [0.2, 0.25) is 0 Å². The summed E-state index contributed by atoms with van der Waals surface area (Å²) in [7, 11) is 1.80. The number of nitrogen functional groups attached to an aromatic ring is 1. The number of aryl methyl sites for hydroxylation is 2. The first-order chi connectivity index (χ1) is 6.66. The fourth-order valence-electron chi connectivity index (χ4n) is 1.24. The van der Waals surface area contributed by atoms with Crippen LogP contribution in [0.4, 0.5) is 5.82 Å². The molecule has 2 rings (SSSR count). The van der Waals surface area contributed by atoms with Gasteiger partial charge in [-0.15, -0.1) is 5.10 Å². The van der Waals surface area contributed by atoms with Crippen LogP contribution in [0.5, 0.6) is 0 Å². The van der Waals surface area contributed by atoms with E-state index in [2.05, 4.69) is 20.3 Å². The van der Waals surface area contributed by atoms with Gasteiger partial charge in [0.15, 0.2) is 0 Å². The zero-order valence-electron chi connectivity index (χ0n) is 7.97. The molecule has 0 aliphatic heterocycles.